The Morgan fingerprint density at radius 2 is 2.19 bits per heavy atom. The van der Waals surface area contributed by atoms with E-state index in [9.17, 15) is 4.79 Å². The van der Waals surface area contributed by atoms with E-state index in [0.717, 1.165) is 16.5 Å². The minimum atomic E-state index is -0.0908. The van der Waals surface area contributed by atoms with Crippen LogP contribution in [0.15, 0.2) is 34.9 Å². The third-order valence-corrected chi connectivity index (χ3v) is 2.74. The molecule has 16 heavy (non-hydrogen) atoms. The van der Waals surface area contributed by atoms with Crippen molar-refractivity contribution in [3.8, 4) is 0 Å². The molecule has 2 rings (SSSR count). The van der Waals surface area contributed by atoms with Crippen LogP contribution in [0, 0.1) is 0 Å². The molecule has 0 spiro atoms. The lowest BCUT2D eigenvalue weighted by molar-refractivity contribution is -0.127. The van der Waals surface area contributed by atoms with E-state index in [2.05, 4.69) is 0 Å². The van der Waals surface area contributed by atoms with Crippen LogP contribution in [0.1, 0.15) is 5.56 Å². The molecule has 0 aliphatic rings. The second-order valence-electron chi connectivity index (χ2n) is 3.64. The largest absolute Gasteiger partial charge is 0.464 e. The van der Waals surface area contributed by atoms with Crippen LogP contribution in [0.5, 0.6) is 0 Å². The number of furan rings is 1. The number of para-hydroxylation sites is 1. The van der Waals surface area contributed by atoms with Crippen molar-refractivity contribution in [3.05, 3.63) is 36.1 Å². The molecule has 1 heterocycles. The molecule has 4 heteroatoms. The first kappa shape index (κ1) is 11.0. The summed E-state index contributed by atoms with van der Waals surface area (Å²) in [5, 5.41) is 1.04. The lowest BCUT2D eigenvalue weighted by Gasteiger charge is -2.14. The van der Waals surface area contributed by atoms with E-state index in [1.54, 1.807) is 18.2 Å². The molecule has 0 saturated carbocycles. The van der Waals surface area contributed by atoms with E-state index in [1.165, 1.54) is 0 Å². The summed E-state index contributed by atoms with van der Waals surface area (Å²) in [7, 11) is 1.73. The van der Waals surface area contributed by atoms with Gasteiger partial charge in [0.1, 0.15) is 11.5 Å². The zero-order chi connectivity index (χ0) is 11.5. The number of carbonyl (C=O) groups is 1. The van der Waals surface area contributed by atoms with Gasteiger partial charge in [-0.3, -0.25) is 4.79 Å². The fourth-order valence-corrected chi connectivity index (χ4v) is 1.80. The Kier molecular flexibility index (Phi) is 3.15. The number of hydrogen-bond donors (Lipinski definition) is 0. The first-order valence-corrected chi connectivity index (χ1v) is 5.51. The maximum absolute atomic E-state index is 11.3. The van der Waals surface area contributed by atoms with Gasteiger partial charge in [-0.2, -0.15) is 0 Å². The van der Waals surface area contributed by atoms with Crippen molar-refractivity contribution < 1.29 is 9.21 Å². The van der Waals surface area contributed by atoms with Crippen molar-refractivity contribution in [2.75, 3.05) is 12.9 Å². The highest BCUT2D eigenvalue weighted by Gasteiger charge is 2.11. The lowest BCUT2D eigenvalue weighted by Crippen LogP contribution is -2.26. The van der Waals surface area contributed by atoms with Gasteiger partial charge in [-0.1, -0.05) is 18.2 Å². The smallest absolute Gasteiger partial charge is 0.237 e. The molecule has 0 saturated heterocycles. The first-order valence-electron chi connectivity index (χ1n) is 4.97. The number of amides is 1. The quantitative estimate of drug-likeness (QED) is 0.769. The van der Waals surface area contributed by atoms with Gasteiger partial charge in [0.05, 0.1) is 6.26 Å². The summed E-state index contributed by atoms with van der Waals surface area (Å²) in [6, 6.07) is 7.75. The lowest BCUT2D eigenvalue weighted by atomic mass is 10.2. The van der Waals surface area contributed by atoms with Gasteiger partial charge >= 0.3 is 0 Å². The monoisotopic (exact) mass is 237 g/mol. The van der Waals surface area contributed by atoms with Crippen LogP contribution in [-0.4, -0.2) is 23.7 Å². The summed E-state index contributed by atoms with van der Waals surface area (Å²) in [4.78, 5) is 12.9. The van der Waals surface area contributed by atoms with Gasteiger partial charge in [0, 0.05) is 24.5 Å². The van der Waals surface area contributed by atoms with E-state index in [0.29, 0.717) is 6.54 Å². The minimum Gasteiger partial charge on any atom is -0.464 e. The Balaban J connectivity index is 2.24. The molecule has 0 aliphatic heterocycles. The second kappa shape index (κ2) is 4.58. The molecule has 1 amide bonds. The van der Waals surface area contributed by atoms with E-state index < -0.39 is 0 Å². The molecule has 0 bridgehead atoms. The Morgan fingerprint density at radius 3 is 2.94 bits per heavy atom. The summed E-state index contributed by atoms with van der Waals surface area (Å²) in [5.41, 5.74) is 1.83. The van der Waals surface area contributed by atoms with E-state index in [4.69, 9.17) is 16.0 Å². The van der Waals surface area contributed by atoms with Crippen molar-refractivity contribution in [1.29, 1.82) is 0 Å². The van der Waals surface area contributed by atoms with Crippen molar-refractivity contribution in [1.82, 2.24) is 4.90 Å². The van der Waals surface area contributed by atoms with Crippen LogP contribution >= 0.6 is 11.6 Å². The third-order valence-electron chi connectivity index (χ3n) is 2.51. The van der Waals surface area contributed by atoms with Gasteiger partial charge in [-0.25, -0.2) is 0 Å². The number of rotatable bonds is 3. The number of carbonyl (C=O) groups excluding carboxylic acids is 1. The number of fused-ring (bicyclic) bond motifs is 1. The molecule has 1 aromatic carbocycles. The molecule has 1 aromatic heterocycles. The maximum atomic E-state index is 11.3. The highest BCUT2D eigenvalue weighted by molar-refractivity contribution is 6.27. The second-order valence-corrected chi connectivity index (χ2v) is 3.91. The molecule has 84 valence electrons. The summed E-state index contributed by atoms with van der Waals surface area (Å²) in [5.74, 6) is -0.0846. The normalized spacial score (nSPS) is 10.6. The van der Waals surface area contributed by atoms with Crippen LogP contribution in [0.2, 0.25) is 0 Å². The third kappa shape index (κ3) is 2.04. The first-order chi connectivity index (χ1) is 7.72. The molecule has 0 unspecified atom stereocenters. The molecule has 0 fully saturated rings. The van der Waals surface area contributed by atoms with Crippen LogP contribution in [-0.2, 0) is 11.3 Å². The van der Waals surface area contributed by atoms with Crippen molar-refractivity contribution >= 4 is 28.5 Å². The molecular weight excluding hydrogens is 226 g/mol. The van der Waals surface area contributed by atoms with Crippen LogP contribution < -0.4 is 0 Å². The minimum absolute atomic E-state index is 0.00623. The van der Waals surface area contributed by atoms with E-state index in [1.807, 2.05) is 24.3 Å². The summed E-state index contributed by atoms with van der Waals surface area (Å²) in [6.45, 7) is 0.516. The summed E-state index contributed by atoms with van der Waals surface area (Å²) >= 11 is 5.49. The standard InChI is InChI=1S/C12H12ClNO2/c1-14(12(15)6-13)7-9-8-16-11-5-3-2-4-10(9)11/h2-5,8H,6-7H2,1H3. The van der Waals surface area contributed by atoms with Crippen LogP contribution in [0.4, 0.5) is 0 Å². The van der Waals surface area contributed by atoms with Gasteiger partial charge in [0.25, 0.3) is 0 Å². The average molecular weight is 238 g/mol. The van der Waals surface area contributed by atoms with Crippen LogP contribution in [0.3, 0.4) is 0 Å². The number of hydrogen-bond acceptors (Lipinski definition) is 2. The molecule has 0 N–H and O–H groups in total. The summed E-state index contributed by atoms with van der Waals surface area (Å²) < 4.78 is 5.39. The topological polar surface area (TPSA) is 33.5 Å². The Hall–Kier alpha value is -1.48. The van der Waals surface area contributed by atoms with Gasteiger partial charge < -0.3 is 9.32 Å². The number of halogens is 1. The SMILES string of the molecule is CN(Cc1coc2ccccc12)C(=O)CCl. The van der Waals surface area contributed by atoms with Gasteiger partial charge in [0.2, 0.25) is 5.91 Å². The number of benzene rings is 1. The predicted octanol–water partition coefficient (Wildman–Crippen LogP) is 2.63. The predicted molar refractivity (Wildman–Crippen MR) is 63.4 cm³/mol. The number of alkyl halides is 1. The highest BCUT2D eigenvalue weighted by atomic mass is 35.5. The molecule has 0 atom stereocenters. The van der Waals surface area contributed by atoms with Gasteiger partial charge in [-0.15, -0.1) is 11.6 Å². The molecular formula is C12H12ClNO2. The number of nitrogens with zero attached hydrogens (tertiary/aromatic N) is 1. The van der Waals surface area contributed by atoms with Crippen molar-refractivity contribution in [2.24, 2.45) is 0 Å². The average Bonchev–Trinajstić information content (AvgIpc) is 2.72. The van der Waals surface area contributed by atoms with Crippen molar-refractivity contribution in [2.45, 2.75) is 6.54 Å². The zero-order valence-corrected chi connectivity index (χ0v) is 9.70. The fourth-order valence-electron chi connectivity index (χ4n) is 1.60. The Labute approximate surface area is 98.6 Å². The van der Waals surface area contributed by atoms with Crippen LogP contribution in [0.25, 0.3) is 11.0 Å². The molecule has 2 aromatic rings. The molecule has 0 aliphatic carbocycles. The van der Waals surface area contributed by atoms with Gasteiger partial charge in [0.15, 0.2) is 0 Å². The van der Waals surface area contributed by atoms with E-state index >= 15 is 0 Å². The Morgan fingerprint density at radius 1 is 1.44 bits per heavy atom. The summed E-state index contributed by atoms with van der Waals surface area (Å²) in [6.07, 6.45) is 1.68. The fraction of sp³-hybridized carbons (Fsp3) is 0.250. The molecule has 3 nitrogen and oxygen atoms in total. The van der Waals surface area contributed by atoms with Crippen molar-refractivity contribution in [3.63, 3.8) is 0 Å². The van der Waals surface area contributed by atoms with E-state index in [-0.39, 0.29) is 11.8 Å². The zero-order valence-electron chi connectivity index (χ0n) is 8.94. The molecule has 0 radical (unpaired) electrons. The highest BCUT2D eigenvalue weighted by Crippen LogP contribution is 2.21. The maximum Gasteiger partial charge on any atom is 0.237 e. The Bertz CT molecular complexity index is 506. The van der Waals surface area contributed by atoms with Gasteiger partial charge in [-0.05, 0) is 6.07 Å².